The second-order valence-electron chi connectivity index (χ2n) is 11.2. The molecule has 1 aromatic heterocycles. The van der Waals surface area contributed by atoms with Gasteiger partial charge in [0.25, 0.3) is 0 Å². The number of rotatable bonds is 4. The fourth-order valence-corrected chi connectivity index (χ4v) is 7.94. The Labute approximate surface area is 169 Å². The number of carbonyl (C=O) groups is 1. The van der Waals surface area contributed by atoms with Crippen molar-refractivity contribution in [1.29, 1.82) is 0 Å². The third-order valence-electron chi connectivity index (χ3n) is 8.05. The molecule has 4 nitrogen and oxygen atoms in total. The molecule has 4 saturated carbocycles. The molecular formula is C24H35N3O. The van der Waals surface area contributed by atoms with Crippen LogP contribution in [0.2, 0.25) is 0 Å². The second-order valence-corrected chi connectivity index (χ2v) is 11.2. The molecule has 4 bridgehead atoms. The minimum Gasteiger partial charge on any atom is -0.357 e. The summed E-state index contributed by atoms with van der Waals surface area (Å²) in [6, 6.07) is 4.23. The zero-order valence-electron chi connectivity index (χ0n) is 17.6. The van der Waals surface area contributed by atoms with E-state index in [2.05, 4.69) is 41.2 Å². The van der Waals surface area contributed by atoms with Crippen molar-refractivity contribution in [2.45, 2.75) is 78.2 Å². The van der Waals surface area contributed by atoms with Crippen molar-refractivity contribution < 1.29 is 4.79 Å². The van der Waals surface area contributed by atoms with Gasteiger partial charge in [-0.15, -0.1) is 0 Å². The van der Waals surface area contributed by atoms with Crippen molar-refractivity contribution >= 4 is 11.7 Å². The molecule has 2 heterocycles. The molecule has 28 heavy (non-hydrogen) atoms. The molecule has 4 aliphatic carbocycles. The Hall–Kier alpha value is -1.58. The fourth-order valence-electron chi connectivity index (χ4n) is 7.94. The Morgan fingerprint density at radius 1 is 1.11 bits per heavy atom. The number of pyridine rings is 1. The summed E-state index contributed by atoms with van der Waals surface area (Å²) < 4.78 is 0. The van der Waals surface area contributed by atoms with Crippen LogP contribution in [0.5, 0.6) is 0 Å². The van der Waals surface area contributed by atoms with Crippen LogP contribution in [-0.2, 0) is 11.3 Å². The topological polar surface area (TPSA) is 45.2 Å². The van der Waals surface area contributed by atoms with E-state index in [1.165, 1.54) is 44.1 Å². The Morgan fingerprint density at radius 3 is 2.50 bits per heavy atom. The first-order valence-corrected chi connectivity index (χ1v) is 11.4. The highest BCUT2D eigenvalue weighted by Crippen LogP contribution is 2.69. The summed E-state index contributed by atoms with van der Waals surface area (Å²) >= 11 is 0. The number of amides is 1. The number of nitrogens with zero attached hydrogens (tertiary/aromatic N) is 2. The number of carbonyl (C=O) groups excluding carboxylic acids is 1. The summed E-state index contributed by atoms with van der Waals surface area (Å²) in [7, 11) is 0. The summed E-state index contributed by atoms with van der Waals surface area (Å²) in [4.78, 5) is 20.4. The highest BCUT2D eigenvalue weighted by molar-refractivity contribution is 5.83. The third-order valence-corrected chi connectivity index (χ3v) is 8.05. The molecule has 5 fully saturated rings. The van der Waals surface area contributed by atoms with Crippen molar-refractivity contribution in [3.05, 3.63) is 23.9 Å². The van der Waals surface area contributed by atoms with Crippen LogP contribution >= 0.6 is 0 Å². The quantitative estimate of drug-likeness (QED) is 0.823. The lowest BCUT2D eigenvalue weighted by molar-refractivity contribution is -0.170. The molecule has 0 aromatic carbocycles. The molecule has 6 rings (SSSR count). The van der Waals surface area contributed by atoms with Gasteiger partial charge in [0, 0.05) is 25.8 Å². The van der Waals surface area contributed by atoms with Crippen molar-refractivity contribution in [3.63, 3.8) is 0 Å². The van der Waals surface area contributed by atoms with Gasteiger partial charge in [0.2, 0.25) is 5.91 Å². The standard InChI is InChI=1S/C24H35N3O/c1-22-11-19-12-23(2,15-22)17-24(13-19,16-22)21(28)26-14-18-6-7-25-20(10-18)27-8-4-3-5-9-27/h6-7,10,19H,3-5,8-9,11-17H2,1-2H3,(H,26,28). The highest BCUT2D eigenvalue weighted by Gasteiger charge is 2.62. The maximum atomic E-state index is 13.4. The van der Waals surface area contributed by atoms with Gasteiger partial charge in [-0.25, -0.2) is 4.98 Å². The molecule has 2 unspecified atom stereocenters. The molecule has 5 aliphatic rings. The highest BCUT2D eigenvalue weighted by atomic mass is 16.2. The van der Waals surface area contributed by atoms with Crippen LogP contribution in [0.1, 0.15) is 77.2 Å². The van der Waals surface area contributed by atoms with Crippen LogP contribution in [0.3, 0.4) is 0 Å². The molecule has 152 valence electrons. The van der Waals surface area contributed by atoms with E-state index in [1.54, 1.807) is 0 Å². The van der Waals surface area contributed by atoms with Gasteiger partial charge < -0.3 is 10.2 Å². The van der Waals surface area contributed by atoms with E-state index in [0.717, 1.165) is 44.1 Å². The fraction of sp³-hybridized carbons (Fsp3) is 0.750. The number of piperidine rings is 1. The third kappa shape index (κ3) is 3.23. The Kier molecular flexibility index (Phi) is 4.26. The second kappa shape index (κ2) is 6.47. The monoisotopic (exact) mass is 381 g/mol. The maximum absolute atomic E-state index is 13.4. The van der Waals surface area contributed by atoms with Gasteiger partial charge in [0.1, 0.15) is 5.82 Å². The molecule has 1 amide bonds. The van der Waals surface area contributed by atoms with Gasteiger partial charge in [0.15, 0.2) is 0 Å². The zero-order valence-corrected chi connectivity index (χ0v) is 17.6. The van der Waals surface area contributed by atoms with Crippen LogP contribution in [0.4, 0.5) is 5.82 Å². The lowest BCUT2D eigenvalue weighted by Crippen LogP contribution is -2.59. The summed E-state index contributed by atoms with van der Waals surface area (Å²) in [5, 5.41) is 3.34. The molecule has 0 radical (unpaired) electrons. The normalized spacial score (nSPS) is 39.2. The first kappa shape index (κ1) is 18.4. The van der Waals surface area contributed by atoms with Gasteiger partial charge >= 0.3 is 0 Å². The van der Waals surface area contributed by atoms with E-state index < -0.39 is 0 Å². The molecule has 4 heteroatoms. The van der Waals surface area contributed by atoms with E-state index in [4.69, 9.17) is 0 Å². The average molecular weight is 382 g/mol. The Balaban J connectivity index is 1.28. The summed E-state index contributed by atoms with van der Waals surface area (Å²) in [6.45, 7) is 7.70. The predicted octanol–water partition coefficient (Wildman–Crippen LogP) is 4.68. The number of hydrogen-bond donors (Lipinski definition) is 1. The van der Waals surface area contributed by atoms with Crippen LogP contribution in [0, 0.1) is 22.2 Å². The summed E-state index contributed by atoms with van der Waals surface area (Å²) in [5.41, 5.74) is 1.81. The van der Waals surface area contributed by atoms with E-state index >= 15 is 0 Å². The van der Waals surface area contributed by atoms with E-state index in [0.29, 0.717) is 23.3 Å². The molecule has 1 aromatic rings. The number of anilines is 1. The lowest BCUT2D eigenvalue weighted by atomic mass is 9.40. The first-order valence-electron chi connectivity index (χ1n) is 11.4. The molecule has 2 atom stereocenters. The summed E-state index contributed by atoms with van der Waals surface area (Å²) in [5.74, 6) is 2.13. The summed E-state index contributed by atoms with van der Waals surface area (Å²) in [6.07, 6.45) is 13.0. The Bertz CT molecular complexity index is 751. The van der Waals surface area contributed by atoms with Crippen LogP contribution < -0.4 is 10.2 Å². The van der Waals surface area contributed by atoms with Crippen LogP contribution in [0.15, 0.2) is 18.3 Å². The minimum absolute atomic E-state index is 0.119. The predicted molar refractivity (Wildman–Crippen MR) is 112 cm³/mol. The minimum atomic E-state index is -0.119. The molecule has 1 aliphatic heterocycles. The average Bonchev–Trinajstić information content (AvgIpc) is 2.64. The van der Waals surface area contributed by atoms with E-state index in [-0.39, 0.29) is 5.41 Å². The van der Waals surface area contributed by atoms with Gasteiger partial charge in [-0.2, -0.15) is 0 Å². The van der Waals surface area contributed by atoms with Gasteiger partial charge in [-0.1, -0.05) is 13.8 Å². The molecule has 0 spiro atoms. The van der Waals surface area contributed by atoms with Gasteiger partial charge in [-0.05, 0) is 92.2 Å². The van der Waals surface area contributed by atoms with Crippen LogP contribution in [-0.4, -0.2) is 24.0 Å². The Morgan fingerprint density at radius 2 is 1.82 bits per heavy atom. The number of nitrogens with one attached hydrogen (secondary N) is 1. The lowest BCUT2D eigenvalue weighted by Gasteiger charge is -2.64. The maximum Gasteiger partial charge on any atom is 0.226 e. The van der Waals surface area contributed by atoms with Crippen molar-refractivity contribution in [2.75, 3.05) is 18.0 Å². The van der Waals surface area contributed by atoms with Crippen molar-refractivity contribution in [3.8, 4) is 0 Å². The smallest absolute Gasteiger partial charge is 0.226 e. The van der Waals surface area contributed by atoms with Crippen molar-refractivity contribution in [1.82, 2.24) is 10.3 Å². The molecule has 1 saturated heterocycles. The first-order chi connectivity index (χ1) is 13.4. The molecular weight excluding hydrogens is 346 g/mol. The van der Waals surface area contributed by atoms with Gasteiger partial charge in [0.05, 0.1) is 5.41 Å². The SMILES string of the molecule is CC12CC3CC(C)(C1)CC(C(=O)NCc1ccnc(N4CCCCC4)c1)(C3)C2. The van der Waals surface area contributed by atoms with E-state index in [1.807, 2.05) is 6.20 Å². The number of aromatic nitrogens is 1. The zero-order chi connectivity index (χ0) is 19.4. The number of hydrogen-bond acceptors (Lipinski definition) is 3. The van der Waals surface area contributed by atoms with Crippen LogP contribution in [0.25, 0.3) is 0 Å². The largest absolute Gasteiger partial charge is 0.357 e. The van der Waals surface area contributed by atoms with Gasteiger partial charge in [-0.3, -0.25) is 4.79 Å². The molecule has 1 N–H and O–H groups in total. The van der Waals surface area contributed by atoms with Crippen molar-refractivity contribution in [2.24, 2.45) is 22.2 Å². The van der Waals surface area contributed by atoms with E-state index in [9.17, 15) is 4.79 Å².